The van der Waals surface area contributed by atoms with Crippen LogP contribution in [0, 0.1) is 5.82 Å². The molecule has 0 bridgehead atoms. The van der Waals surface area contributed by atoms with Gasteiger partial charge in [-0.05, 0) is 61.0 Å². The van der Waals surface area contributed by atoms with Crippen molar-refractivity contribution >= 4 is 34.5 Å². The van der Waals surface area contributed by atoms with Crippen LogP contribution in [-0.2, 0) is 4.79 Å². The lowest BCUT2D eigenvalue weighted by Crippen LogP contribution is -2.24. The molecule has 4 aromatic rings. The topological polar surface area (TPSA) is 59.8 Å². The first kappa shape index (κ1) is 20.6. The lowest BCUT2D eigenvalue weighted by molar-refractivity contribution is -0.112. The number of amides is 1. The van der Waals surface area contributed by atoms with E-state index < -0.39 is 17.5 Å². The summed E-state index contributed by atoms with van der Waals surface area (Å²) in [5.41, 5.74) is 2.62. The van der Waals surface area contributed by atoms with Crippen LogP contribution in [0.5, 0.6) is 5.75 Å². The highest BCUT2D eigenvalue weighted by molar-refractivity contribution is 6.47. The maximum absolute atomic E-state index is 13.4. The van der Waals surface area contributed by atoms with Crippen LogP contribution in [0.1, 0.15) is 17.4 Å². The molecule has 0 unspecified atom stereocenters. The Bertz CT molecular complexity index is 1280. The number of Topliss-reactive ketones (excluding diaryl/α,β-unsaturated/α-hetero) is 1. The lowest BCUT2D eigenvalue weighted by Gasteiger charge is -2.09. The SMILES string of the molecule is CCOc1ccc(-c2cc3ccccn3c2C(=O)C(=O)Nc2ccc(F)c(Cl)c2)cc1. The second-order valence-corrected chi connectivity index (χ2v) is 7.18. The number of carbonyl (C=O) groups excluding carboxylic acids is 2. The Morgan fingerprint density at radius 2 is 1.84 bits per heavy atom. The molecule has 31 heavy (non-hydrogen) atoms. The van der Waals surface area contributed by atoms with Crippen LogP contribution in [0.4, 0.5) is 10.1 Å². The number of nitrogens with zero attached hydrogens (tertiary/aromatic N) is 1. The maximum atomic E-state index is 13.4. The second kappa shape index (κ2) is 8.62. The van der Waals surface area contributed by atoms with E-state index in [0.29, 0.717) is 17.9 Å². The van der Waals surface area contributed by atoms with Crippen LogP contribution >= 0.6 is 11.6 Å². The van der Waals surface area contributed by atoms with Crippen LogP contribution in [-0.4, -0.2) is 22.7 Å². The second-order valence-electron chi connectivity index (χ2n) is 6.77. The molecule has 0 aliphatic heterocycles. The molecule has 156 valence electrons. The van der Waals surface area contributed by atoms with Crippen molar-refractivity contribution in [1.82, 2.24) is 4.40 Å². The smallest absolute Gasteiger partial charge is 0.298 e. The van der Waals surface area contributed by atoms with E-state index >= 15 is 0 Å². The fraction of sp³-hybridized carbons (Fsp3) is 0.0833. The minimum absolute atomic E-state index is 0.145. The summed E-state index contributed by atoms with van der Waals surface area (Å²) >= 11 is 5.77. The number of benzene rings is 2. The van der Waals surface area contributed by atoms with Crippen molar-refractivity contribution in [2.75, 3.05) is 11.9 Å². The summed E-state index contributed by atoms with van der Waals surface area (Å²) in [6.45, 7) is 2.45. The molecular formula is C24H18ClFN2O3. The van der Waals surface area contributed by atoms with Crippen molar-refractivity contribution in [2.45, 2.75) is 6.92 Å². The molecule has 7 heteroatoms. The van der Waals surface area contributed by atoms with E-state index in [0.717, 1.165) is 17.1 Å². The predicted octanol–water partition coefficient (Wildman–Crippen LogP) is 5.62. The van der Waals surface area contributed by atoms with Gasteiger partial charge in [-0.15, -0.1) is 0 Å². The van der Waals surface area contributed by atoms with Gasteiger partial charge in [-0.3, -0.25) is 9.59 Å². The molecule has 1 amide bonds. The normalized spacial score (nSPS) is 10.8. The molecule has 0 atom stereocenters. The number of carbonyl (C=O) groups is 2. The van der Waals surface area contributed by atoms with Gasteiger partial charge in [0.25, 0.3) is 11.7 Å². The number of ether oxygens (including phenoxy) is 1. The van der Waals surface area contributed by atoms with Crippen LogP contribution < -0.4 is 10.1 Å². The quantitative estimate of drug-likeness (QED) is 0.315. The van der Waals surface area contributed by atoms with E-state index in [9.17, 15) is 14.0 Å². The largest absolute Gasteiger partial charge is 0.494 e. The molecule has 2 aromatic heterocycles. The highest BCUT2D eigenvalue weighted by atomic mass is 35.5. The highest BCUT2D eigenvalue weighted by Gasteiger charge is 2.25. The van der Waals surface area contributed by atoms with Gasteiger partial charge in [0.2, 0.25) is 0 Å². The van der Waals surface area contributed by atoms with Crippen LogP contribution in [0.25, 0.3) is 16.6 Å². The van der Waals surface area contributed by atoms with Crippen molar-refractivity contribution in [1.29, 1.82) is 0 Å². The van der Waals surface area contributed by atoms with Gasteiger partial charge in [0, 0.05) is 23.0 Å². The van der Waals surface area contributed by atoms with Gasteiger partial charge in [0.05, 0.1) is 11.6 Å². The van der Waals surface area contributed by atoms with Crippen LogP contribution in [0.3, 0.4) is 0 Å². The fourth-order valence-electron chi connectivity index (χ4n) is 3.34. The van der Waals surface area contributed by atoms with Crippen molar-refractivity contribution in [3.8, 4) is 16.9 Å². The first-order valence-electron chi connectivity index (χ1n) is 9.62. The van der Waals surface area contributed by atoms with E-state index in [1.807, 2.05) is 49.4 Å². The number of hydrogen-bond acceptors (Lipinski definition) is 3. The number of aromatic nitrogens is 1. The Morgan fingerprint density at radius 1 is 1.06 bits per heavy atom. The minimum atomic E-state index is -0.848. The number of anilines is 1. The van der Waals surface area contributed by atoms with Gasteiger partial charge in [0.1, 0.15) is 17.3 Å². The summed E-state index contributed by atoms with van der Waals surface area (Å²) in [6, 6.07) is 18.4. The molecule has 0 aliphatic rings. The number of fused-ring (bicyclic) bond motifs is 1. The predicted molar refractivity (Wildman–Crippen MR) is 118 cm³/mol. The Hall–Kier alpha value is -3.64. The third kappa shape index (κ3) is 4.15. The molecule has 0 radical (unpaired) electrons. The average Bonchev–Trinajstić information content (AvgIpc) is 3.16. The molecule has 0 saturated carbocycles. The molecule has 4 rings (SSSR count). The number of pyridine rings is 1. The molecule has 0 saturated heterocycles. The summed E-state index contributed by atoms with van der Waals surface area (Å²) in [4.78, 5) is 25.9. The lowest BCUT2D eigenvalue weighted by atomic mass is 10.0. The summed E-state index contributed by atoms with van der Waals surface area (Å²) in [6.07, 6.45) is 1.72. The van der Waals surface area contributed by atoms with E-state index in [-0.39, 0.29) is 16.4 Å². The first-order valence-corrected chi connectivity index (χ1v) is 9.99. The third-order valence-corrected chi connectivity index (χ3v) is 5.04. The van der Waals surface area contributed by atoms with E-state index in [1.165, 1.54) is 12.1 Å². The van der Waals surface area contributed by atoms with Crippen molar-refractivity contribution in [2.24, 2.45) is 0 Å². The monoisotopic (exact) mass is 436 g/mol. The summed E-state index contributed by atoms with van der Waals surface area (Å²) in [7, 11) is 0. The molecular weight excluding hydrogens is 419 g/mol. The van der Waals surface area contributed by atoms with Crippen molar-refractivity contribution in [3.05, 3.63) is 89.5 Å². The minimum Gasteiger partial charge on any atom is -0.494 e. The molecule has 0 fully saturated rings. The zero-order valence-corrected chi connectivity index (χ0v) is 17.3. The van der Waals surface area contributed by atoms with Gasteiger partial charge >= 0.3 is 0 Å². The molecule has 2 aromatic carbocycles. The Morgan fingerprint density at radius 3 is 2.55 bits per heavy atom. The van der Waals surface area contributed by atoms with Crippen LogP contribution in [0.15, 0.2) is 72.9 Å². The van der Waals surface area contributed by atoms with Crippen molar-refractivity contribution < 1.29 is 18.7 Å². The summed E-state index contributed by atoms with van der Waals surface area (Å²) in [5.74, 6) is -1.47. The van der Waals surface area contributed by atoms with Crippen LogP contribution in [0.2, 0.25) is 5.02 Å². The van der Waals surface area contributed by atoms with Gasteiger partial charge in [-0.25, -0.2) is 4.39 Å². The van der Waals surface area contributed by atoms with Crippen molar-refractivity contribution in [3.63, 3.8) is 0 Å². The molecule has 1 N–H and O–H groups in total. The zero-order valence-electron chi connectivity index (χ0n) is 16.6. The Labute approximate surface area is 183 Å². The molecule has 0 spiro atoms. The highest BCUT2D eigenvalue weighted by Crippen LogP contribution is 2.30. The van der Waals surface area contributed by atoms with Gasteiger partial charge in [-0.1, -0.05) is 29.8 Å². The molecule has 5 nitrogen and oxygen atoms in total. The van der Waals surface area contributed by atoms with E-state index in [1.54, 1.807) is 16.7 Å². The number of ketones is 1. The summed E-state index contributed by atoms with van der Waals surface area (Å²) < 4.78 is 20.5. The summed E-state index contributed by atoms with van der Waals surface area (Å²) in [5, 5.41) is 2.35. The standard InChI is InChI=1S/C24H18ClFN2O3/c1-2-31-18-9-6-15(7-10-18)19-14-17-5-3-4-12-28(17)22(19)23(29)24(30)27-16-8-11-21(26)20(25)13-16/h3-14H,2H2,1H3,(H,27,30). The number of rotatable bonds is 6. The number of hydrogen-bond donors (Lipinski definition) is 1. The number of nitrogens with one attached hydrogen (secondary N) is 1. The van der Waals surface area contributed by atoms with Gasteiger partial charge in [-0.2, -0.15) is 0 Å². The maximum Gasteiger partial charge on any atom is 0.298 e. The first-order chi connectivity index (χ1) is 15.0. The van der Waals surface area contributed by atoms with Gasteiger partial charge in [0.15, 0.2) is 0 Å². The average molecular weight is 437 g/mol. The zero-order chi connectivity index (χ0) is 22.0. The Balaban J connectivity index is 1.73. The third-order valence-electron chi connectivity index (χ3n) is 4.75. The molecule has 0 aliphatic carbocycles. The Kier molecular flexibility index (Phi) is 5.73. The van der Waals surface area contributed by atoms with E-state index in [4.69, 9.17) is 16.3 Å². The number of halogens is 2. The van der Waals surface area contributed by atoms with Gasteiger partial charge < -0.3 is 14.5 Å². The van der Waals surface area contributed by atoms with E-state index in [2.05, 4.69) is 5.32 Å². The molecule has 2 heterocycles. The fourth-order valence-corrected chi connectivity index (χ4v) is 3.52.